The summed E-state index contributed by atoms with van der Waals surface area (Å²) in [4.78, 5) is 20.8. The van der Waals surface area contributed by atoms with Crippen LogP contribution in [0, 0.1) is 11.7 Å². The first-order valence-electron chi connectivity index (χ1n) is 7.23. The molecule has 0 aliphatic heterocycles. The van der Waals surface area contributed by atoms with Crippen LogP contribution < -0.4 is 5.32 Å². The Hall–Kier alpha value is -2.15. The average Bonchev–Trinajstić information content (AvgIpc) is 2.87. The number of halogens is 1. The first-order chi connectivity index (χ1) is 10.5. The number of aromatic amines is 1. The van der Waals surface area contributed by atoms with Crippen LogP contribution in [0.15, 0.2) is 18.2 Å². The van der Waals surface area contributed by atoms with Crippen molar-refractivity contribution >= 4 is 17.1 Å². The van der Waals surface area contributed by atoms with E-state index >= 15 is 0 Å². The molecule has 0 bridgehead atoms. The number of fused-ring (bicyclic) bond motifs is 1. The first kappa shape index (κ1) is 16.2. The Morgan fingerprint density at radius 1 is 1.55 bits per heavy atom. The number of hydrogen-bond donors (Lipinski definition) is 3. The fraction of sp³-hybridized carbons (Fsp3) is 0.467. The molecule has 1 aromatic heterocycles. The monoisotopic (exact) mass is 308 g/mol. The number of benzene rings is 1. The third-order valence-corrected chi connectivity index (χ3v) is 3.45. The lowest BCUT2D eigenvalue weighted by Crippen LogP contribution is -2.38. The first-order valence-corrected chi connectivity index (χ1v) is 7.23. The second kappa shape index (κ2) is 7.22. The Kier molecular flexibility index (Phi) is 5.32. The number of hydrogen-bond acceptors (Lipinski definition) is 3. The van der Waals surface area contributed by atoms with Crippen molar-refractivity contribution in [2.75, 3.05) is 20.2 Å². The predicted octanol–water partition coefficient (Wildman–Crippen LogP) is 1.86. The van der Waals surface area contributed by atoms with Crippen molar-refractivity contribution in [3.63, 3.8) is 0 Å². The summed E-state index contributed by atoms with van der Waals surface area (Å²) in [5.41, 5.74) is 1.28. The number of aromatic nitrogens is 2. The van der Waals surface area contributed by atoms with Crippen molar-refractivity contribution in [1.82, 2.24) is 20.2 Å². The zero-order valence-corrected chi connectivity index (χ0v) is 12.8. The molecule has 1 aromatic carbocycles. The molecule has 2 rings (SSSR count). The Balaban J connectivity index is 1.89. The Labute approximate surface area is 128 Å². The zero-order valence-electron chi connectivity index (χ0n) is 12.8. The van der Waals surface area contributed by atoms with E-state index in [1.807, 2.05) is 6.92 Å². The third-order valence-electron chi connectivity index (χ3n) is 3.45. The van der Waals surface area contributed by atoms with Gasteiger partial charge in [0, 0.05) is 20.2 Å². The van der Waals surface area contributed by atoms with Crippen LogP contribution in [0.1, 0.15) is 19.2 Å². The minimum atomic E-state index is -0.327. The Bertz CT molecular complexity index is 644. The summed E-state index contributed by atoms with van der Waals surface area (Å²) in [6.45, 7) is 2.85. The van der Waals surface area contributed by atoms with E-state index in [1.54, 1.807) is 13.1 Å². The number of carbonyl (C=O) groups excluding carboxylic acids is 1. The topological polar surface area (TPSA) is 81.2 Å². The molecular weight excluding hydrogens is 287 g/mol. The van der Waals surface area contributed by atoms with Crippen molar-refractivity contribution in [2.24, 2.45) is 5.92 Å². The zero-order chi connectivity index (χ0) is 16.1. The molecule has 1 heterocycles. The van der Waals surface area contributed by atoms with E-state index < -0.39 is 0 Å². The highest BCUT2D eigenvalue weighted by Crippen LogP contribution is 2.13. The van der Waals surface area contributed by atoms with Crippen LogP contribution in [-0.2, 0) is 6.54 Å². The number of urea groups is 1. The van der Waals surface area contributed by atoms with E-state index in [1.165, 1.54) is 17.0 Å². The summed E-state index contributed by atoms with van der Waals surface area (Å²) in [7, 11) is 1.67. The quantitative estimate of drug-likeness (QED) is 0.762. The van der Waals surface area contributed by atoms with Crippen molar-refractivity contribution in [1.29, 1.82) is 0 Å². The van der Waals surface area contributed by atoms with Crippen molar-refractivity contribution < 1.29 is 14.3 Å². The van der Waals surface area contributed by atoms with Gasteiger partial charge in [-0.1, -0.05) is 6.92 Å². The van der Waals surface area contributed by atoms with Crippen LogP contribution in [0.2, 0.25) is 0 Å². The van der Waals surface area contributed by atoms with Gasteiger partial charge in [0.25, 0.3) is 0 Å². The molecule has 1 atom stereocenters. The van der Waals surface area contributed by atoms with Crippen molar-refractivity contribution in [3.05, 3.63) is 29.8 Å². The normalized spacial score (nSPS) is 12.4. The molecular formula is C15H21FN4O2. The van der Waals surface area contributed by atoms with Gasteiger partial charge in [0.15, 0.2) is 0 Å². The number of imidazole rings is 1. The van der Waals surface area contributed by atoms with Crippen LogP contribution in [-0.4, -0.2) is 46.2 Å². The number of carbonyl (C=O) groups is 1. The Morgan fingerprint density at radius 2 is 2.32 bits per heavy atom. The maximum absolute atomic E-state index is 13.1. The second-order valence-corrected chi connectivity index (χ2v) is 5.51. The number of nitrogens with one attached hydrogen (secondary N) is 2. The molecule has 22 heavy (non-hydrogen) atoms. The van der Waals surface area contributed by atoms with Gasteiger partial charge in [-0.25, -0.2) is 14.2 Å². The highest BCUT2D eigenvalue weighted by atomic mass is 19.1. The molecule has 7 heteroatoms. The SMILES string of the molecule is CC(CO)CCNC(=O)N(C)Cc1nc2ccc(F)cc2[nH]1. The van der Waals surface area contributed by atoms with Crippen molar-refractivity contribution in [3.8, 4) is 0 Å². The highest BCUT2D eigenvalue weighted by molar-refractivity contribution is 5.76. The number of rotatable bonds is 6. The van der Waals surface area contributed by atoms with E-state index in [2.05, 4.69) is 15.3 Å². The molecule has 2 aromatic rings. The largest absolute Gasteiger partial charge is 0.396 e. The van der Waals surface area contributed by atoms with Gasteiger partial charge in [-0.3, -0.25) is 0 Å². The van der Waals surface area contributed by atoms with Gasteiger partial charge < -0.3 is 20.3 Å². The highest BCUT2D eigenvalue weighted by Gasteiger charge is 2.12. The van der Waals surface area contributed by atoms with Gasteiger partial charge >= 0.3 is 6.03 Å². The molecule has 0 aliphatic carbocycles. The van der Waals surface area contributed by atoms with Crippen LogP contribution in [0.5, 0.6) is 0 Å². The minimum Gasteiger partial charge on any atom is -0.396 e. The maximum atomic E-state index is 13.1. The van der Waals surface area contributed by atoms with E-state index in [0.717, 1.165) is 6.42 Å². The standard InChI is InChI=1S/C15H21FN4O2/c1-10(9-21)5-6-17-15(22)20(2)8-14-18-12-4-3-11(16)7-13(12)19-14/h3-4,7,10,21H,5-6,8-9H2,1-2H3,(H,17,22)(H,18,19). The summed E-state index contributed by atoms with van der Waals surface area (Å²) in [6.07, 6.45) is 0.722. The van der Waals surface area contributed by atoms with E-state index in [9.17, 15) is 9.18 Å². The number of H-pyrrole nitrogens is 1. The van der Waals surface area contributed by atoms with Crippen molar-refractivity contribution in [2.45, 2.75) is 19.9 Å². The molecule has 6 nitrogen and oxygen atoms in total. The lowest BCUT2D eigenvalue weighted by molar-refractivity contribution is 0.201. The van der Waals surface area contributed by atoms with Gasteiger partial charge in [0.1, 0.15) is 11.6 Å². The lowest BCUT2D eigenvalue weighted by atomic mass is 10.1. The third kappa shape index (κ3) is 4.17. The minimum absolute atomic E-state index is 0.112. The van der Waals surface area contributed by atoms with Gasteiger partial charge in [0.05, 0.1) is 17.6 Å². The Morgan fingerprint density at radius 3 is 3.05 bits per heavy atom. The molecule has 0 fully saturated rings. The smallest absolute Gasteiger partial charge is 0.317 e. The molecule has 0 saturated carbocycles. The molecule has 2 amide bonds. The average molecular weight is 308 g/mol. The summed E-state index contributed by atoms with van der Waals surface area (Å²) in [6, 6.07) is 4.12. The second-order valence-electron chi connectivity index (χ2n) is 5.51. The number of amides is 2. The number of aliphatic hydroxyl groups is 1. The van der Waals surface area contributed by atoms with Gasteiger partial charge in [-0.05, 0) is 30.5 Å². The molecule has 120 valence electrons. The van der Waals surface area contributed by atoms with Crippen LogP contribution in [0.25, 0.3) is 11.0 Å². The molecule has 0 spiro atoms. The molecule has 0 radical (unpaired) electrons. The van der Waals surface area contributed by atoms with Crippen LogP contribution in [0.3, 0.4) is 0 Å². The fourth-order valence-electron chi connectivity index (χ4n) is 2.06. The van der Waals surface area contributed by atoms with Gasteiger partial charge in [0.2, 0.25) is 0 Å². The van der Waals surface area contributed by atoms with Crippen LogP contribution >= 0.6 is 0 Å². The van der Waals surface area contributed by atoms with E-state index in [0.29, 0.717) is 29.9 Å². The van der Waals surface area contributed by atoms with Gasteiger partial charge in [-0.15, -0.1) is 0 Å². The molecule has 0 aliphatic rings. The maximum Gasteiger partial charge on any atom is 0.317 e. The molecule has 0 saturated heterocycles. The molecule has 3 N–H and O–H groups in total. The fourth-order valence-corrected chi connectivity index (χ4v) is 2.06. The number of nitrogens with zero attached hydrogens (tertiary/aromatic N) is 2. The van der Waals surface area contributed by atoms with Crippen LogP contribution in [0.4, 0.5) is 9.18 Å². The predicted molar refractivity (Wildman–Crippen MR) is 81.8 cm³/mol. The van der Waals surface area contributed by atoms with E-state index in [4.69, 9.17) is 5.11 Å². The van der Waals surface area contributed by atoms with Gasteiger partial charge in [-0.2, -0.15) is 0 Å². The summed E-state index contributed by atoms with van der Waals surface area (Å²) >= 11 is 0. The number of aliphatic hydroxyl groups excluding tert-OH is 1. The molecule has 1 unspecified atom stereocenters. The summed E-state index contributed by atoms with van der Waals surface area (Å²) in [5, 5.41) is 11.7. The summed E-state index contributed by atoms with van der Waals surface area (Å²) in [5.74, 6) is 0.435. The van der Waals surface area contributed by atoms with E-state index in [-0.39, 0.29) is 24.4 Å². The lowest BCUT2D eigenvalue weighted by Gasteiger charge is -2.17. The summed E-state index contributed by atoms with van der Waals surface area (Å²) < 4.78 is 13.1.